The van der Waals surface area contributed by atoms with Crippen molar-refractivity contribution in [1.82, 2.24) is 0 Å². The lowest BCUT2D eigenvalue weighted by molar-refractivity contribution is 0.725. The van der Waals surface area contributed by atoms with Gasteiger partial charge in [-0.3, -0.25) is 0 Å². The number of hydrogen-bond donors (Lipinski definition) is 0. The number of benzene rings is 5. The van der Waals surface area contributed by atoms with Crippen molar-refractivity contribution in [2.45, 2.75) is 47.0 Å². The summed E-state index contributed by atoms with van der Waals surface area (Å²) in [7, 11) is 0. The Morgan fingerprint density at radius 3 is 1.50 bits per heavy atom. The summed E-state index contributed by atoms with van der Waals surface area (Å²) in [5, 5.41) is 4.99. The minimum absolute atomic E-state index is 0.552. The Bertz CT molecular complexity index is 1870. The van der Waals surface area contributed by atoms with Crippen LogP contribution in [0.2, 0.25) is 0 Å². The normalized spacial score (nSPS) is 16.5. The lowest BCUT2D eigenvalue weighted by Gasteiger charge is -2.35. The first kappa shape index (κ1) is 28.0. The molecule has 2 aliphatic carbocycles. The van der Waals surface area contributed by atoms with Crippen molar-refractivity contribution in [2.75, 3.05) is 9.80 Å². The van der Waals surface area contributed by atoms with Crippen LogP contribution in [-0.2, 0) is 0 Å². The Morgan fingerprint density at radius 2 is 1.07 bits per heavy atom. The predicted molar refractivity (Wildman–Crippen MR) is 190 cm³/mol. The van der Waals surface area contributed by atoms with Gasteiger partial charge in [0.2, 0.25) is 0 Å². The van der Waals surface area contributed by atoms with Gasteiger partial charge >= 0.3 is 0 Å². The summed E-state index contributed by atoms with van der Waals surface area (Å²) in [5.41, 5.74) is 11.3. The van der Waals surface area contributed by atoms with Crippen molar-refractivity contribution in [3.05, 3.63) is 156 Å². The molecular formula is C42H40N2. The molecule has 5 aromatic rings. The molecule has 1 atom stereocenters. The van der Waals surface area contributed by atoms with Crippen molar-refractivity contribution >= 4 is 44.3 Å². The van der Waals surface area contributed by atoms with E-state index in [2.05, 4.69) is 165 Å². The predicted octanol–water partition coefficient (Wildman–Crippen LogP) is 12.0. The molecule has 0 heterocycles. The standard InChI is InChI=1S/C42H40N2/c1-29-13-21-33(22-14-29)43(34-23-15-30(2)16-24-34)41-37-9-5-7-11-39(37)42(40-12-8-6-10-38(40)41)44(35-25-17-31(3)18-26-35)36-27-19-32(4)20-28-36/h5-17,19,21-27,31H,18,20,28H2,1-4H3. The van der Waals surface area contributed by atoms with Gasteiger partial charge in [-0.1, -0.05) is 115 Å². The van der Waals surface area contributed by atoms with Gasteiger partial charge < -0.3 is 9.80 Å². The summed E-state index contributed by atoms with van der Waals surface area (Å²) in [6, 6.07) is 35.8. The lowest BCUT2D eigenvalue weighted by atomic mass is 9.93. The lowest BCUT2D eigenvalue weighted by Crippen LogP contribution is -2.24. The number of fused-ring (bicyclic) bond motifs is 2. The van der Waals surface area contributed by atoms with E-state index in [-0.39, 0.29) is 0 Å². The highest BCUT2D eigenvalue weighted by molar-refractivity contribution is 6.22. The molecule has 0 bridgehead atoms. The first-order valence-corrected chi connectivity index (χ1v) is 15.9. The summed E-state index contributed by atoms with van der Waals surface area (Å²) in [4.78, 5) is 5.01. The summed E-state index contributed by atoms with van der Waals surface area (Å²) in [5.74, 6) is 0.552. The van der Waals surface area contributed by atoms with E-state index >= 15 is 0 Å². The van der Waals surface area contributed by atoms with Crippen LogP contribution < -0.4 is 9.80 Å². The highest BCUT2D eigenvalue weighted by Gasteiger charge is 2.27. The third-order valence-electron chi connectivity index (χ3n) is 9.08. The van der Waals surface area contributed by atoms with Crippen LogP contribution in [0.25, 0.3) is 21.5 Å². The van der Waals surface area contributed by atoms with Gasteiger partial charge in [-0.15, -0.1) is 0 Å². The van der Waals surface area contributed by atoms with E-state index in [4.69, 9.17) is 0 Å². The zero-order chi connectivity index (χ0) is 30.2. The monoisotopic (exact) mass is 572 g/mol. The summed E-state index contributed by atoms with van der Waals surface area (Å²) >= 11 is 0. The third-order valence-corrected chi connectivity index (χ3v) is 9.08. The van der Waals surface area contributed by atoms with Gasteiger partial charge in [0.25, 0.3) is 0 Å². The van der Waals surface area contributed by atoms with Crippen LogP contribution in [0.15, 0.2) is 144 Å². The molecule has 0 fully saturated rings. The number of allylic oxidation sites excluding steroid dienone is 7. The van der Waals surface area contributed by atoms with Crippen LogP contribution >= 0.6 is 0 Å². The highest BCUT2D eigenvalue weighted by Crippen LogP contribution is 2.50. The Balaban J connectivity index is 1.57. The minimum atomic E-state index is 0.552. The molecule has 0 radical (unpaired) electrons. The second-order valence-electron chi connectivity index (χ2n) is 12.5. The number of anilines is 4. The van der Waals surface area contributed by atoms with E-state index in [9.17, 15) is 0 Å². The van der Waals surface area contributed by atoms with Crippen LogP contribution in [0.4, 0.5) is 22.7 Å². The number of hydrogen-bond acceptors (Lipinski definition) is 2. The fourth-order valence-corrected chi connectivity index (χ4v) is 6.60. The van der Waals surface area contributed by atoms with E-state index in [1.54, 1.807) is 0 Å². The highest BCUT2D eigenvalue weighted by atomic mass is 15.2. The zero-order valence-corrected chi connectivity index (χ0v) is 26.2. The maximum atomic E-state index is 2.56. The molecule has 44 heavy (non-hydrogen) atoms. The molecule has 0 amide bonds. The fraction of sp³-hybridized carbons (Fsp3) is 0.190. The Kier molecular flexibility index (Phi) is 7.44. The molecule has 218 valence electrons. The Hall–Kier alpha value is -4.82. The summed E-state index contributed by atoms with van der Waals surface area (Å²) in [6.45, 7) is 8.84. The second kappa shape index (κ2) is 11.7. The molecular weight excluding hydrogens is 532 g/mol. The fourth-order valence-electron chi connectivity index (χ4n) is 6.60. The van der Waals surface area contributed by atoms with Gasteiger partial charge in [0.15, 0.2) is 0 Å². The summed E-state index contributed by atoms with van der Waals surface area (Å²) in [6.07, 6.45) is 14.9. The van der Waals surface area contributed by atoms with Crippen molar-refractivity contribution in [3.8, 4) is 0 Å². The number of nitrogens with zero attached hydrogens (tertiary/aromatic N) is 2. The van der Waals surface area contributed by atoms with Gasteiger partial charge in [0, 0.05) is 44.3 Å². The molecule has 0 aliphatic heterocycles. The SMILES string of the molecule is CC1=CC=C(N(C2=CCC(C)C=C2)c2c3ccccc3c(N(c3ccc(C)cc3)c3ccc(C)cc3)c3ccccc23)CC1. The zero-order valence-electron chi connectivity index (χ0n) is 26.2. The molecule has 1 unspecified atom stereocenters. The quantitative estimate of drug-likeness (QED) is 0.147. The van der Waals surface area contributed by atoms with Crippen LogP contribution in [0.1, 0.15) is 44.2 Å². The van der Waals surface area contributed by atoms with Crippen LogP contribution in [0.5, 0.6) is 0 Å². The Morgan fingerprint density at radius 1 is 0.568 bits per heavy atom. The number of aryl methyl sites for hydroxylation is 2. The molecule has 5 aromatic carbocycles. The molecule has 2 heteroatoms. The molecule has 2 nitrogen and oxygen atoms in total. The average molecular weight is 573 g/mol. The molecule has 0 saturated carbocycles. The van der Waals surface area contributed by atoms with Gasteiger partial charge in [0.1, 0.15) is 0 Å². The number of rotatable bonds is 6. The molecule has 0 saturated heterocycles. The first-order valence-electron chi connectivity index (χ1n) is 15.9. The van der Waals surface area contributed by atoms with Crippen molar-refractivity contribution in [2.24, 2.45) is 5.92 Å². The second-order valence-corrected chi connectivity index (χ2v) is 12.5. The molecule has 0 spiro atoms. The van der Waals surface area contributed by atoms with Crippen molar-refractivity contribution in [3.63, 3.8) is 0 Å². The van der Waals surface area contributed by atoms with E-state index in [0.29, 0.717) is 5.92 Å². The van der Waals surface area contributed by atoms with Crippen molar-refractivity contribution in [1.29, 1.82) is 0 Å². The van der Waals surface area contributed by atoms with Crippen LogP contribution in [0, 0.1) is 19.8 Å². The average Bonchev–Trinajstić information content (AvgIpc) is 3.05. The maximum Gasteiger partial charge on any atom is 0.0619 e. The first-order chi connectivity index (χ1) is 21.5. The van der Waals surface area contributed by atoms with Crippen LogP contribution in [0.3, 0.4) is 0 Å². The van der Waals surface area contributed by atoms with Crippen molar-refractivity contribution < 1.29 is 0 Å². The van der Waals surface area contributed by atoms with Crippen LogP contribution in [-0.4, -0.2) is 0 Å². The molecule has 0 aromatic heterocycles. The summed E-state index contributed by atoms with van der Waals surface area (Å²) < 4.78 is 0. The van der Waals surface area contributed by atoms with Gasteiger partial charge in [-0.05, 0) is 82.4 Å². The minimum Gasteiger partial charge on any atom is -0.313 e. The van der Waals surface area contributed by atoms with Gasteiger partial charge in [-0.2, -0.15) is 0 Å². The molecule has 0 N–H and O–H groups in total. The molecule has 7 rings (SSSR count). The molecule has 2 aliphatic rings. The topological polar surface area (TPSA) is 6.48 Å². The largest absolute Gasteiger partial charge is 0.313 e. The third kappa shape index (κ3) is 5.15. The van der Waals surface area contributed by atoms with E-state index < -0.39 is 0 Å². The van der Waals surface area contributed by atoms with E-state index in [1.165, 1.54) is 61.0 Å². The van der Waals surface area contributed by atoms with Gasteiger partial charge in [0.05, 0.1) is 11.4 Å². The Labute approximate surface area is 261 Å². The van der Waals surface area contributed by atoms with Gasteiger partial charge in [-0.25, -0.2) is 0 Å². The smallest absolute Gasteiger partial charge is 0.0619 e. The maximum absolute atomic E-state index is 2.56. The van der Waals surface area contributed by atoms with E-state index in [1.807, 2.05) is 0 Å². The van der Waals surface area contributed by atoms with E-state index in [0.717, 1.165) is 30.6 Å².